The highest BCUT2D eigenvalue weighted by Crippen LogP contribution is 2.25. The molecule has 0 spiro atoms. The van der Waals surface area contributed by atoms with Crippen LogP contribution in [-0.2, 0) is 10.0 Å². The van der Waals surface area contributed by atoms with E-state index in [1.807, 2.05) is 4.90 Å². The Bertz CT molecular complexity index is 988. The number of carbonyl (C=O) groups is 1. The predicted molar refractivity (Wildman–Crippen MR) is 105 cm³/mol. The molecule has 3 heterocycles. The first-order valence-corrected chi connectivity index (χ1v) is 11.0. The number of rotatable bonds is 4. The Morgan fingerprint density at radius 2 is 1.62 bits per heavy atom. The molecule has 10 heteroatoms. The number of benzene rings is 1. The Morgan fingerprint density at radius 1 is 0.966 bits per heavy atom. The highest BCUT2D eigenvalue weighted by molar-refractivity contribution is 7.89. The van der Waals surface area contributed by atoms with Gasteiger partial charge in [0.25, 0.3) is 5.91 Å². The van der Waals surface area contributed by atoms with Gasteiger partial charge in [-0.1, -0.05) is 0 Å². The maximum Gasteiger partial charge on any atom is 0.254 e. The van der Waals surface area contributed by atoms with Crippen LogP contribution in [0.15, 0.2) is 41.6 Å². The Kier molecular flexibility index (Phi) is 5.46. The van der Waals surface area contributed by atoms with Crippen molar-refractivity contribution in [2.45, 2.75) is 17.7 Å². The zero-order valence-corrected chi connectivity index (χ0v) is 16.7. The molecule has 0 bridgehead atoms. The summed E-state index contributed by atoms with van der Waals surface area (Å²) in [5, 5.41) is 0. The summed E-state index contributed by atoms with van der Waals surface area (Å²) in [6.45, 7) is 2.78. The standard InChI is InChI=1S/C19H22FN5O3S/c20-16-5-4-15(14-17(16)29(27,28)25-8-1-2-9-25)18(26)23-10-12-24(13-11-23)19-21-6-3-7-22-19/h3-7,14H,1-2,8-13H2. The van der Waals surface area contributed by atoms with Crippen molar-refractivity contribution in [1.29, 1.82) is 0 Å². The Labute approximate surface area is 169 Å². The lowest BCUT2D eigenvalue weighted by Gasteiger charge is -2.34. The highest BCUT2D eigenvalue weighted by atomic mass is 32.2. The first-order chi connectivity index (χ1) is 14.0. The average molecular weight is 419 g/mol. The van der Waals surface area contributed by atoms with Crippen LogP contribution < -0.4 is 4.90 Å². The molecule has 0 aliphatic carbocycles. The quantitative estimate of drug-likeness (QED) is 0.744. The Hall–Kier alpha value is -2.59. The summed E-state index contributed by atoms with van der Waals surface area (Å²) < 4.78 is 41.1. The molecule has 4 rings (SSSR count). The molecule has 0 unspecified atom stereocenters. The van der Waals surface area contributed by atoms with Gasteiger partial charge >= 0.3 is 0 Å². The SMILES string of the molecule is O=C(c1ccc(F)c(S(=O)(=O)N2CCCC2)c1)N1CCN(c2ncccn2)CC1. The van der Waals surface area contributed by atoms with E-state index >= 15 is 0 Å². The van der Waals surface area contributed by atoms with Crippen molar-refractivity contribution < 1.29 is 17.6 Å². The van der Waals surface area contributed by atoms with Crippen molar-refractivity contribution in [3.8, 4) is 0 Å². The molecule has 1 aromatic heterocycles. The van der Waals surface area contributed by atoms with Gasteiger partial charge in [-0.15, -0.1) is 0 Å². The van der Waals surface area contributed by atoms with Gasteiger partial charge in [0, 0.05) is 57.2 Å². The maximum absolute atomic E-state index is 14.3. The summed E-state index contributed by atoms with van der Waals surface area (Å²) in [6, 6.07) is 5.31. The van der Waals surface area contributed by atoms with E-state index in [9.17, 15) is 17.6 Å². The third-order valence-corrected chi connectivity index (χ3v) is 7.18. The Morgan fingerprint density at radius 3 is 2.28 bits per heavy atom. The van der Waals surface area contributed by atoms with E-state index in [0.717, 1.165) is 25.0 Å². The third kappa shape index (κ3) is 3.95. The third-order valence-electron chi connectivity index (χ3n) is 5.26. The van der Waals surface area contributed by atoms with Gasteiger partial charge in [-0.3, -0.25) is 4.79 Å². The van der Waals surface area contributed by atoms with E-state index in [2.05, 4.69) is 9.97 Å². The van der Waals surface area contributed by atoms with Crippen LogP contribution in [0.1, 0.15) is 23.2 Å². The van der Waals surface area contributed by atoms with Gasteiger partial charge in [-0.2, -0.15) is 4.31 Å². The molecular weight excluding hydrogens is 397 g/mol. The van der Waals surface area contributed by atoms with Crippen molar-refractivity contribution in [2.75, 3.05) is 44.2 Å². The van der Waals surface area contributed by atoms with Crippen LogP contribution in [0.5, 0.6) is 0 Å². The van der Waals surface area contributed by atoms with Gasteiger partial charge in [-0.05, 0) is 37.1 Å². The largest absolute Gasteiger partial charge is 0.337 e. The van der Waals surface area contributed by atoms with E-state index in [0.29, 0.717) is 45.2 Å². The average Bonchev–Trinajstić information content (AvgIpc) is 3.30. The molecule has 2 fully saturated rings. The van der Waals surface area contributed by atoms with Gasteiger partial charge in [0.1, 0.15) is 10.7 Å². The van der Waals surface area contributed by atoms with E-state index in [1.165, 1.54) is 10.4 Å². The molecule has 29 heavy (non-hydrogen) atoms. The lowest BCUT2D eigenvalue weighted by Crippen LogP contribution is -2.49. The molecule has 2 aliphatic rings. The fourth-order valence-corrected chi connectivity index (χ4v) is 5.26. The zero-order valence-electron chi connectivity index (χ0n) is 15.9. The maximum atomic E-state index is 14.3. The molecule has 0 saturated carbocycles. The lowest BCUT2D eigenvalue weighted by molar-refractivity contribution is 0.0746. The number of aromatic nitrogens is 2. The second-order valence-corrected chi connectivity index (χ2v) is 8.99. The number of nitrogens with zero attached hydrogens (tertiary/aromatic N) is 5. The number of hydrogen-bond donors (Lipinski definition) is 0. The second-order valence-electron chi connectivity index (χ2n) is 7.08. The number of hydrogen-bond acceptors (Lipinski definition) is 6. The number of halogens is 1. The lowest BCUT2D eigenvalue weighted by atomic mass is 10.1. The number of amides is 1. The molecule has 1 aromatic carbocycles. The molecule has 0 N–H and O–H groups in total. The molecular formula is C19H22FN5O3S. The number of carbonyl (C=O) groups excluding carboxylic acids is 1. The number of piperazine rings is 1. The first kappa shape index (κ1) is 19.7. The first-order valence-electron chi connectivity index (χ1n) is 9.58. The van der Waals surface area contributed by atoms with Gasteiger partial charge < -0.3 is 9.80 Å². The van der Waals surface area contributed by atoms with Crippen LogP contribution in [0, 0.1) is 5.82 Å². The summed E-state index contributed by atoms with van der Waals surface area (Å²) in [5.41, 5.74) is 0.175. The van der Waals surface area contributed by atoms with Crippen LogP contribution in [0.4, 0.5) is 10.3 Å². The van der Waals surface area contributed by atoms with Gasteiger partial charge in [0.05, 0.1) is 0 Å². The summed E-state index contributed by atoms with van der Waals surface area (Å²) in [5.74, 6) is -0.531. The van der Waals surface area contributed by atoms with E-state index in [1.54, 1.807) is 23.4 Å². The molecule has 1 amide bonds. The molecule has 8 nitrogen and oxygen atoms in total. The topological polar surface area (TPSA) is 86.7 Å². The zero-order chi connectivity index (χ0) is 20.4. The van der Waals surface area contributed by atoms with E-state index < -0.39 is 20.7 Å². The van der Waals surface area contributed by atoms with Crippen molar-refractivity contribution in [3.63, 3.8) is 0 Å². The van der Waals surface area contributed by atoms with Crippen LogP contribution in [0.3, 0.4) is 0 Å². The second kappa shape index (κ2) is 8.03. The van der Waals surface area contributed by atoms with Crippen molar-refractivity contribution in [2.24, 2.45) is 0 Å². The molecule has 2 aromatic rings. The minimum atomic E-state index is -3.94. The Balaban J connectivity index is 1.50. The normalized spacial score (nSPS) is 18.2. The van der Waals surface area contributed by atoms with Gasteiger partial charge in [0.2, 0.25) is 16.0 Å². The highest BCUT2D eigenvalue weighted by Gasteiger charge is 2.31. The fraction of sp³-hybridized carbons (Fsp3) is 0.421. The van der Waals surface area contributed by atoms with Crippen molar-refractivity contribution in [1.82, 2.24) is 19.2 Å². The minimum Gasteiger partial charge on any atom is -0.337 e. The van der Waals surface area contributed by atoms with Gasteiger partial charge in [0.15, 0.2) is 0 Å². The summed E-state index contributed by atoms with van der Waals surface area (Å²) in [6.07, 6.45) is 4.85. The summed E-state index contributed by atoms with van der Waals surface area (Å²) >= 11 is 0. The van der Waals surface area contributed by atoms with Crippen LogP contribution >= 0.6 is 0 Å². The van der Waals surface area contributed by atoms with Crippen molar-refractivity contribution >= 4 is 21.9 Å². The van der Waals surface area contributed by atoms with Crippen LogP contribution in [-0.4, -0.2) is 72.8 Å². The fourth-order valence-electron chi connectivity index (χ4n) is 3.65. The smallest absolute Gasteiger partial charge is 0.254 e. The molecule has 0 atom stereocenters. The molecule has 2 aliphatic heterocycles. The summed E-state index contributed by atoms with van der Waals surface area (Å²) in [4.78, 5) is 24.5. The minimum absolute atomic E-state index is 0.175. The van der Waals surface area contributed by atoms with Crippen LogP contribution in [0.2, 0.25) is 0 Å². The number of sulfonamides is 1. The van der Waals surface area contributed by atoms with Crippen LogP contribution in [0.25, 0.3) is 0 Å². The van der Waals surface area contributed by atoms with Gasteiger partial charge in [-0.25, -0.2) is 22.8 Å². The molecule has 2 saturated heterocycles. The monoisotopic (exact) mass is 419 g/mol. The van der Waals surface area contributed by atoms with E-state index in [-0.39, 0.29) is 11.5 Å². The predicted octanol–water partition coefficient (Wildman–Crippen LogP) is 1.36. The number of anilines is 1. The molecule has 0 radical (unpaired) electrons. The summed E-state index contributed by atoms with van der Waals surface area (Å²) in [7, 11) is -3.94. The van der Waals surface area contributed by atoms with E-state index in [4.69, 9.17) is 0 Å². The molecule has 154 valence electrons. The van der Waals surface area contributed by atoms with Crippen molar-refractivity contribution in [3.05, 3.63) is 48.0 Å².